The van der Waals surface area contributed by atoms with Crippen molar-refractivity contribution in [1.82, 2.24) is 9.78 Å². The third-order valence-corrected chi connectivity index (χ3v) is 4.78. The molecule has 1 atom stereocenters. The predicted octanol–water partition coefficient (Wildman–Crippen LogP) is 4.29. The van der Waals surface area contributed by atoms with Crippen LogP contribution in [-0.4, -0.2) is 9.78 Å². The summed E-state index contributed by atoms with van der Waals surface area (Å²) in [7, 11) is 1.54. The molecule has 1 N–H and O–H groups in total. The normalized spacial score (nSPS) is 15.5. The lowest BCUT2D eigenvalue weighted by atomic mass is 10.0. The minimum Gasteiger partial charge on any atom is -0.376 e. The molecule has 0 radical (unpaired) electrons. The molecule has 1 aromatic heterocycles. The molecule has 1 unspecified atom stereocenters. The minimum atomic E-state index is -0.359. The minimum absolute atomic E-state index is 0.0961. The summed E-state index contributed by atoms with van der Waals surface area (Å²) in [6.07, 6.45) is 4.74. The number of hydrogen-bond acceptors (Lipinski definition) is 3. The van der Waals surface area contributed by atoms with Crippen molar-refractivity contribution in [3.63, 3.8) is 0 Å². The van der Waals surface area contributed by atoms with Crippen molar-refractivity contribution >= 4 is 33.2 Å². The molecule has 2 aromatic rings. The van der Waals surface area contributed by atoms with E-state index in [1.54, 1.807) is 7.05 Å². The Morgan fingerprint density at radius 3 is 2.87 bits per heavy atom. The van der Waals surface area contributed by atoms with Crippen LogP contribution in [0.3, 0.4) is 0 Å². The molecule has 0 amide bonds. The average molecular weight is 401 g/mol. The first-order valence-corrected chi connectivity index (χ1v) is 8.55. The van der Waals surface area contributed by atoms with Crippen LogP contribution in [0.4, 0.5) is 10.1 Å². The molecule has 0 aliphatic heterocycles. The third kappa shape index (κ3) is 3.93. The number of anilines is 1. The first kappa shape index (κ1) is 16.5. The number of nitrogens with one attached hydrogen (secondary N) is 1. The third-order valence-electron chi connectivity index (χ3n) is 3.96. The topological polar surface area (TPSA) is 46.9 Å². The van der Waals surface area contributed by atoms with E-state index >= 15 is 0 Å². The summed E-state index contributed by atoms with van der Waals surface area (Å²) < 4.78 is 15.6. The lowest BCUT2D eigenvalue weighted by Crippen LogP contribution is -2.22. The molecule has 23 heavy (non-hydrogen) atoms. The summed E-state index contributed by atoms with van der Waals surface area (Å²) in [5, 5.41) is 7.35. The molecule has 1 saturated carbocycles. The van der Waals surface area contributed by atoms with Crippen LogP contribution in [0.2, 0.25) is 5.02 Å². The van der Waals surface area contributed by atoms with Gasteiger partial charge in [0, 0.05) is 11.5 Å². The SMILES string of the molecule is Cn1ncc(NC(CC2CC2)c2cc(F)cc(Br)c2)c(Cl)c1=O. The van der Waals surface area contributed by atoms with Gasteiger partial charge in [0.2, 0.25) is 0 Å². The van der Waals surface area contributed by atoms with Crippen LogP contribution in [-0.2, 0) is 7.05 Å². The highest BCUT2D eigenvalue weighted by molar-refractivity contribution is 9.10. The monoisotopic (exact) mass is 399 g/mol. The summed E-state index contributed by atoms with van der Waals surface area (Å²) in [6.45, 7) is 0. The van der Waals surface area contributed by atoms with E-state index in [4.69, 9.17) is 11.6 Å². The maximum Gasteiger partial charge on any atom is 0.287 e. The van der Waals surface area contributed by atoms with E-state index in [0.717, 1.165) is 12.0 Å². The Balaban J connectivity index is 1.93. The molecule has 1 heterocycles. The molecular weight excluding hydrogens is 385 g/mol. The second kappa shape index (κ2) is 6.61. The fourth-order valence-corrected chi connectivity index (χ4v) is 3.25. The number of aryl methyl sites for hydroxylation is 1. The van der Waals surface area contributed by atoms with E-state index in [1.165, 1.54) is 35.9 Å². The molecule has 1 aromatic carbocycles. The molecule has 1 aliphatic rings. The van der Waals surface area contributed by atoms with Gasteiger partial charge in [-0.15, -0.1) is 0 Å². The van der Waals surface area contributed by atoms with Crippen molar-refractivity contribution in [1.29, 1.82) is 0 Å². The second-order valence-corrected chi connectivity index (χ2v) is 7.17. The van der Waals surface area contributed by atoms with Gasteiger partial charge in [-0.1, -0.05) is 40.4 Å². The zero-order valence-electron chi connectivity index (χ0n) is 12.5. The van der Waals surface area contributed by atoms with Gasteiger partial charge in [-0.05, 0) is 36.1 Å². The van der Waals surface area contributed by atoms with Crippen LogP contribution in [0.5, 0.6) is 0 Å². The number of benzene rings is 1. The number of nitrogens with zero attached hydrogens (tertiary/aromatic N) is 2. The molecule has 122 valence electrons. The second-order valence-electron chi connectivity index (χ2n) is 5.88. The maximum atomic E-state index is 13.7. The van der Waals surface area contributed by atoms with E-state index in [-0.39, 0.29) is 22.4 Å². The molecule has 7 heteroatoms. The summed E-state index contributed by atoms with van der Waals surface area (Å²) in [4.78, 5) is 11.9. The predicted molar refractivity (Wildman–Crippen MR) is 92.3 cm³/mol. The van der Waals surface area contributed by atoms with Gasteiger partial charge in [0.1, 0.15) is 10.8 Å². The van der Waals surface area contributed by atoms with Gasteiger partial charge in [-0.25, -0.2) is 9.07 Å². The Morgan fingerprint density at radius 1 is 1.48 bits per heavy atom. The van der Waals surface area contributed by atoms with Gasteiger partial charge < -0.3 is 5.32 Å². The Kier molecular flexibility index (Phi) is 4.73. The Morgan fingerprint density at radius 2 is 2.22 bits per heavy atom. The Bertz CT molecular complexity index is 771. The van der Waals surface area contributed by atoms with E-state index in [0.29, 0.717) is 16.1 Å². The highest BCUT2D eigenvalue weighted by Crippen LogP contribution is 2.40. The van der Waals surface area contributed by atoms with Crippen molar-refractivity contribution in [2.24, 2.45) is 13.0 Å². The van der Waals surface area contributed by atoms with Crippen molar-refractivity contribution in [2.75, 3.05) is 5.32 Å². The van der Waals surface area contributed by atoms with Crippen LogP contribution in [0.15, 0.2) is 33.7 Å². The van der Waals surface area contributed by atoms with Gasteiger partial charge in [0.15, 0.2) is 0 Å². The Hall–Kier alpha value is -1.40. The molecule has 0 saturated heterocycles. The zero-order valence-corrected chi connectivity index (χ0v) is 14.9. The smallest absolute Gasteiger partial charge is 0.287 e. The maximum absolute atomic E-state index is 13.7. The standard InChI is InChI=1S/C16H16BrClFN3O/c1-22-16(23)15(18)14(8-20-22)21-13(4-9-2-3-9)10-5-11(17)7-12(19)6-10/h5-9,13,21H,2-4H2,1H3. The highest BCUT2D eigenvalue weighted by Gasteiger charge is 2.27. The van der Waals surface area contributed by atoms with Crippen molar-refractivity contribution in [3.8, 4) is 0 Å². The zero-order chi connectivity index (χ0) is 16.6. The van der Waals surface area contributed by atoms with Crippen molar-refractivity contribution in [2.45, 2.75) is 25.3 Å². The molecule has 0 spiro atoms. The van der Waals surface area contributed by atoms with Crippen LogP contribution in [0.1, 0.15) is 30.9 Å². The molecule has 1 fully saturated rings. The van der Waals surface area contributed by atoms with Crippen LogP contribution in [0.25, 0.3) is 0 Å². The van der Waals surface area contributed by atoms with Gasteiger partial charge >= 0.3 is 0 Å². The largest absolute Gasteiger partial charge is 0.376 e. The molecule has 0 bridgehead atoms. The Labute approximate surface area is 146 Å². The number of rotatable bonds is 5. The molecule has 1 aliphatic carbocycles. The van der Waals surface area contributed by atoms with E-state index in [1.807, 2.05) is 6.07 Å². The van der Waals surface area contributed by atoms with Crippen molar-refractivity contribution < 1.29 is 4.39 Å². The first-order chi connectivity index (χ1) is 10.9. The lowest BCUT2D eigenvalue weighted by Gasteiger charge is -2.21. The van der Waals surface area contributed by atoms with Crippen LogP contribution >= 0.6 is 27.5 Å². The summed E-state index contributed by atoms with van der Waals surface area (Å²) in [6, 6.07) is 4.68. The lowest BCUT2D eigenvalue weighted by molar-refractivity contribution is 0.602. The van der Waals surface area contributed by atoms with Gasteiger partial charge in [-0.2, -0.15) is 5.10 Å². The van der Waals surface area contributed by atoms with E-state index in [2.05, 4.69) is 26.3 Å². The van der Waals surface area contributed by atoms with Crippen molar-refractivity contribution in [3.05, 3.63) is 55.6 Å². The first-order valence-electron chi connectivity index (χ1n) is 7.38. The fourth-order valence-electron chi connectivity index (χ4n) is 2.54. The number of aromatic nitrogens is 2. The van der Waals surface area contributed by atoms with Gasteiger partial charge in [-0.3, -0.25) is 4.79 Å². The molecule has 4 nitrogen and oxygen atoms in total. The summed E-state index contributed by atoms with van der Waals surface area (Å²) in [5.74, 6) is 0.318. The highest BCUT2D eigenvalue weighted by atomic mass is 79.9. The fraction of sp³-hybridized carbons (Fsp3) is 0.375. The van der Waals surface area contributed by atoms with E-state index in [9.17, 15) is 9.18 Å². The summed E-state index contributed by atoms with van der Waals surface area (Å²) in [5.41, 5.74) is 0.934. The van der Waals surface area contributed by atoms with Crippen LogP contribution in [0, 0.1) is 11.7 Å². The number of halogens is 3. The summed E-state index contributed by atoms with van der Waals surface area (Å²) >= 11 is 9.45. The van der Waals surface area contributed by atoms with E-state index < -0.39 is 0 Å². The molecule has 3 rings (SSSR count). The van der Waals surface area contributed by atoms with Gasteiger partial charge in [0.05, 0.1) is 17.9 Å². The van der Waals surface area contributed by atoms with Crippen LogP contribution < -0.4 is 10.9 Å². The molecular formula is C16H16BrClFN3O. The van der Waals surface area contributed by atoms with Gasteiger partial charge in [0.25, 0.3) is 5.56 Å². The average Bonchev–Trinajstić information content (AvgIpc) is 3.30. The number of hydrogen-bond donors (Lipinski definition) is 1. The quantitative estimate of drug-likeness (QED) is 0.814.